The topological polar surface area (TPSA) is 81.3 Å². The van der Waals surface area contributed by atoms with Crippen molar-refractivity contribution < 1.29 is 35.9 Å². The number of ketones is 1. The van der Waals surface area contributed by atoms with Crippen LogP contribution in [0.25, 0.3) is 11.3 Å². The monoisotopic (exact) mass is 536 g/mol. The highest BCUT2D eigenvalue weighted by Gasteiger charge is 2.45. The number of pyridine rings is 2. The molecule has 4 heterocycles. The van der Waals surface area contributed by atoms with Crippen LogP contribution in [0.15, 0.2) is 36.5 Å². The fourth-order valence-corrected chi connectivity index (χ4v) is 5.01. The lowest BCUT2D eigenvalue weighted by Gasteiger charge is -2.39. The van der Waals surface area contributed by atoms with Crippen LogP contribution in [0, 0.1) is 23.4 Å². The average Bonchev–Trinajstić information content (AvgIpc) is 3.32. The lowest BCUT2D eigenvalue weighted by Crippen LogP contribution is -2.51. The number of hydrogen-bond donors (Lipinski definition) is 1. The van der Waals surface area contributed by atoms with Crippen molar-refractivity contribution in [2.75, 3.05) is 24.6 Å². The van der Waals surface area contributed by atoms with Crippen molar-refractivity contribution in [3.05, 3.63) is 70.8 Å². The molecule has 5 rings (SSSR count). The maximum atomic E-state index is 14.5. The molecule has 3 aromatic rings. The van der Waals surface area contributed by atoms with Crippen molar-refractivity contribution in [1.82, 2.24) is 9.97 Å². The largest absolute Gasteiger partial charge is 0.477 e. The second-order valence-corrected chi connectivity index (χ2v) is 9.38. The standard InChI is InChI=1S/C26H22F6N4O2/c27-17-2-1-3-18(28)22(17)23-19(29)4-5-20(35-23)21(37)8-13-10-34-25-16(6-7-38-25)24(13)36-11-14(26(30,31)32)9-15(33)12-36/h1-5,10,14-15H,6-9,11-12,33H2/t14-,15+/m1/s1. The van der Waals surface area contributed by atoms with Crippen LogP contribution in [0.3, 0.4) is 0 Å². The smallest absolute Gasteiger partial charge is 0.393 e. The van der Waals surface area contributed by atoms with E-state index in [9.17, 15) is 31.1 Å². The Morgan fingerprint density at radius 3 is 2.53 bits per heavy atom. The molecule has 2 aromatic heterocycles. The minimum atomic E-state index is -4.45. The van der Waals surface area contributed by atoms with Crippen LogP contribution in [-0.4, -0.2) is 47.7 Å². The van der Waals surface area contributed by atoms with Gasteiger partial charge in [-0.05, 0) is 30.7 Å². The van der Waals surface area contributed by atoms with E-state index < -0.39 is 52.6 Å². The first-order valence-electron chi connectivity index (χ1n) is 11.9. The second kappa shape index (κ2) is 9.90. The van der Waals surface area contributed by atoms with Gasteiger partial charge in [0.2, 0.25) is 5.88 Å². The number of piperidine rings is 1. The summed E-state index contributed by atoms with van der Waals surface area (Å²) in [6.45, 7) is 0.0719. The van der Waals surface area contributed by atoms with Crippen LogP contribution in [-0.2, 0) is 12.8 Å². The van der Waals surface area contributed by atoms with Crippen LogP contribution in [0.2, 0.25) is 0 Å². The van der Waals surface area contributed by atoms with Crippen molar-refractivity contribution in [2.45, 2.75) is 31.5 Å². The third-order valence-electron chi connectivity index (χ3n) is 6.72. The first-order chi connectivity index (χ1) is 18.0. The van der Waals surface area contributed by atoms with Crippen molar-refractivity contribution in [3.63, 3.8) is 0 Å². The van der Waals surface area contributed by atoms with Crippen LogP contribution in [0.1, 0.15) is 28.0 Å². The summed E-state index contributed by atoms with van der Waals surface area (Å²) in [5, 5.41) is 0. The van der Waals surface area contributed by atoms with Gasteiger partial charge in [0.25, 0.3) is 0 Å². The van der Waals surface area contributed by atoms with Crippen molar-refractivity contribution >= 4 is 11.5 Å². The molecule has 2 atom stereocenters. The first-order valence-corrected chi connectivity index (χ1v) is 11.9. The molecule has 0 aliphatic carbocycles. The van der Waals surface area contributed by atoms with E-state index in [-0.39, 0.29) is 44.1 Å². The molecule has 0 amide bonds. The fraction of sp³-hybridized carbons (Fsp3) is 0.346. The van der Waals surface area contributed by atoms with Gasteiger partial charge in [-0.2, -0.15) is 13.2 Å². The fourth-order valence-electron chi connectivity index (χ4n) is 5.01. The lowest BCUT2D eigenvalue weighted by molar-refractivity contribution is -0.177. The van der Waals surface area contributed by atoms with Gasteiger partial charge in [-0.25, -0.2) is 23.1 Å². The third-order valence-corrected chi connectivity index (χ3v) is 6.72. The summed E-state index contributed by atoms with van der Waals surface area (Å²) < 4.78 is 89.4. The molecule has 12 heteroatoms. The zero-order valence-corrected chi connectivity index (χ0v) is 19.9. The number of ether oxygens (including phenoxy) is 1. The third kappa shape index (κ3) is 4.92. The number of anilines is 1. The normalized spacial score (nSPS) is 19.3. The van der Waals surface area contributed by atoms with Crippen LogP contribution >= 0.6 is 0 Å². The molecule has 0 radical (unpaired) electrons. The number of aromatic nitrogens is 2. The first kappa shape index (κ1) is 26.0. The van der Waals surface area contributed by atoms with Crippen molar-refractivity contribution in [1.29, 1.82) is 0 Å². The average molecular weight is 536 g/mol. The van der Waals surface area contributed by atoms with Gasteiger partial charge >= 0.3 is 6.18 Å². The maximum absolute atomic E-state index is 14.5. The number of Topliss-reactive ketones (excluding diaryl/α,β-unsaturated/α-hetero) is 1. The predicted molar refractivity (Wildman–Crippen MR) is 125 cm³/mol. The highest BCUT2D eigenvalue weighted by Crippen LogP contribution is 2.40. The van der Waals surface area contributed by atoms with E-state index in [0.717, 1.165) is 30.3 Å². The number of benzene rings is 1. The number of nitrogens with two attached hydrogens (primary N) is 1. The number of hydrogen-bond acceptors (Lipinski definition) is 6. The molecule has 1 fully saturated rings. The Kier molecular flexibility index (Phi) is 6.76. The van der Waals surface area contributed by atoms with E-state index in [1.54, 1.807) is 0 Å². The molecule has 200 valence electrons. The quantitative estimate of drug-likeness (QED) is 0.378. The number of fused-ring (bicyclic) bond motifs is 1. The molecule has 0 unspecified atom stereocenters. The number of rotatable bonds is 5. The van der Waals surface area contributed by atoms with E-state index in [4.69, 9.17) is 10.5 Å². The summed E-state index contributed by atoms with van der Waals surface area (Å²) in [7, 11) is 0. The van der Waals surface area contributed by atoms with E-state index in [1.165, 1.54) is 11.1 Å². The van der Waals surface area contributed by atoms with Gasteiger partial charge in [0.05, 0.1) is 23.8 Å². The number of alkyl halides is 3. The minimum Gasteiger partial charge on any atom is -0.477 e. The molecule has 2 aliphatic rings. The number of halogens is 6. The summed E-state index contributed by atoms with van der Waals surface area (Å²) in [6, 6.07) is 4.21. The highest BCUT2D eigenvalue weighted by atomic mass is 19.4. The zero-order valence-electron chi connectivity index (χ0n) is 19.9. The highest BCUT2D eigenvalue weighted by molar-refractivity contribution is 5.97. The molecule has 0 spiro atoms. The second-order valence-electron chi connectivity index (χ2n) is 9.38. The SMILES string of the molecule is N[C@H]1C[C@@H](C(F)(F)F)CN(c2c(CC(=O)c3ccc(F)c(-c4c(F)cccc4F)n3)cnc3c2CCO3)C1. The number of carbonyl (C=O) groups is 1. The summed E-state index contributed by atoms with van der Waals surface area (Å²) in [6.07, 6.45) is -3.28. The molecule has 38 heavy (non-hydrogen) atoms. The number of nitrogens with zero attached hydrogens (tertiary/aromatic N) is 3. The lowest BCUT2D eigenvalue weighted by atomic mass is 9.92. The van der Waals surface area contributed by atoms with E-state index in [1.807, 2.05) is 0 Å². The Morgan fingerprint density at radius 1 is 1.08 bits per heavy atom. The van der Waals surface area contributed by atoms with Gasteiger partial charge in [-0.3, -0.25) is 4.79 Å². The van der Waals surface area contributed by atoms with Crippen molar-refractivity contribution in [2.24, 2.45) is 11.7 Å². The van der Waals surface area contributed by atoms with Gasteiger partial charge in [-0.1, -0.05) is 6.07 Å². The molecule has 0 bridgehead atoms. The van der Waals surface area contributed by atoms with Gasteiger partial charge < -0.3 is 15.4 Å². The minimum absolute atomic E-state index is 0.135. The summed E-state index contributed by atoms with van der Waals surface area (Å²) >= 11 is 0. The molecule has 1 aromatic carbocycles. The summed E-state index contributed by atoms with van der Waals surface area (Å²) in [4.78, 5) is 22.9. The summed E-state index contributed by atoms with van der Waals surface area (Å²) in [5.41, 5.74) is 5.63. The Bertz CT molecular complexity index is 1380. The Morgan fingerprint density at radius 2 is 1.82 bits per heavy atom. The van der Waals surface area contributed by atoms with Gasteiger partial charge in [-0.15, -0.1) is 0 Å². The van der Waals surface area contributed by atoms with Gasteiger partial charge in [0.1, 0.15) is 28.8 Å². The molecule has 1 saturated heterocycles. The van der Waals surface area contributed by atoms with E-state index in [0.29, 0.717) is 23.2 Å². The molecule has 6 nitrogen and oxygen atoms in total. The van der Waals surface area contributed by atoms with Crippen LogP contribution in [0.5, 0.6) is 5.88 Å². The Labute approximate surface area is 213 Å². The Hall–Kier alpha value is -3.67. The van der Waals surface area contributed by atoms with E-state index in [2.05, 4.69) is 9.97 Å². The molecular weight excluding hydrogens is 514 g/mol. The number of carbonyl (C=O) groups excluding carboxylic acids is 1. The van der Waals surface area contributed by atoms with Crippen molar-refractivity contribution in [3.8, 4) is 17.1 Å². The molecular formula is C26H22F6N4O2. The Balaban J connectivity index is 1.51. The van der Waals surface area contributed by atoms with Crippen LogP contribution in [0.4, 0.5) is 32.0 Å². The van der Waals surface area contributed by atoms with Gasteiger partial charge in [0, 0.05) is 49.3 Å². The maximum Gasteiger partial charge on any atom is 0.393 e. The molecule has 2 aliphatic heterocycles. The zero-order chi connectivity index (χ0) is 27.2. The van der Waals surface area contributed by atoms with Gasteiger partial charge in [0.15, 0.2) is 5.78 Å². The van der Waals surface area contributed by atoms with Crippen LogP contribution < -0.4 is 15.4 Å². The molecule has 0 saturated carbocycles. The summed E-state index contributed by atoms with van der Waals surface area (Å²) in [5.74, 6) is -5.14. The van der Waals surface area contributed by atoms with E-state index >= 15 is 0 Å². The molecule has 2 N–H and O–H groups in total. The predicted octanol–water partition coefficient (Wildman–Crippen LogP) is 4.64.